The van der Waals surface area contributed by atoms with Crippen molar-refractivity contribution in [1.82, 2.24) is 5.32 Å². The minimum absolute atomic E-state index is 0.0619. The Bertz CT molecular complexity index is 316. The van der Waals surface area contributed by atoms with Crippen LogP contribution in [0.2, 0.25) is 0 Å². The van der Waals surface area contributed by atoms with E-state index in [-0.39, 0.29) is 6.42 Å². The van der Waals surface area contributed by atoms with Crippen molar-refractivity contribution in [3.63, 3.8) is 0 Å². The number of nitrogens with one attached hydrogen (secondary N) is 1. The summed E-state index contributed by atoms with van der Waals surface area (Å²) in [5.74, 6) is -5.85. The maximum absolute atomic E-state index is 13.6. The van der Waals surface area contributed by atoms with Gasteiger partial charge in [0, 0.05) is 5.41 Å². The van der Waals surface area contributed by atoms with Crippen molar-refractivity contribution in [2.75, 3.05) is 7.11 Å². The second-order valence-corrected chi connectivity index (χ2v) is 4.79. The van der Waals surface area contributed by atoms with Crippen molar-refractivity contribution in [2.45, 2.75) is 52.5 Å². The predicted octanol–water partition coefficient (Wildman–Crippen LogP) is 2.13. The van der Waals surface area contributed by atoms with Gasteiger partial charge in [-0.15, -0.1) is 0 Å². The van der Waals surface area contributed by atoms with Gasteiger partial charge in [0.1, 0.15) is 6.04 Å². The molecule has 0 fully saturated rings. The first-order chi connectivity index (χ1) is 8.13. The van der Waals surface area contributed by atoms with Crippen LogP contribution in [0.25, 0.3) is 0 Å². The van der Waals surface area contributed by atoms with Crippen LogP contribution in [0.4, 0.5) is 8.78 Å². The molecule has 0 saturated carbocycles. The largest absolute Gasteiger partial charge is 0.465 e. The van der Waals surface area contributed by atoms with Gasteiger partial charge in [-0.2, -0.15) is 8.78 Å². The molecule has 0 rings (SSSR count). The molecular formula is C12H21F2NO3. The number of halogens is 2. The van der Waals surface area contributed by atoms with Crippen molar-refractivity contribution in [3.8, 4) is 0 Å². The number of esters is 1. The van der Waals surface area contributed by atoms with Gasteiger partial charge < -0.3 is 10.1 Å². The zero-order valence-corrected chi connectivity index (χ0v) is 11.5. The average Bonchev–Trinajstić information content (AvgIpc) is 2.33. The minimum atomic E-state index is -3.72. The number of rotatable bonds is 6. The summed E-state index contributed by atoms with van der Waals surface area (Å²) in [7, 11) is 0.890. The third-order valence-corrected chi connectivity index (χ3v) is 3.11. The van der Waals surface area contributed by atoms with Crippen LogP contribution in [0.3, 0.4) is 0 Å². The van der Waals surface area contributed by atoms with Gasteiger partial charge in [0.2, 0.25) is 5.91 Å². The Labute approximate surface area is 106 Å². The molecule has 0 bridgehead atoms. The second kappa shape index (κ2) is 6.11. The molecule has 4 nitrogen and oxygen atoms in total. The van der Waals surface area contributed by atoms with E-state index in [0.29, 0.717) is 6.42 Å². The molecule has 0 spiro atoms. The fraction of sp³-hybridized carbons (Fsp3) is 0.833. The number of ether oxygens (including phenoxy) is 1. The van der Waals surface area contributed by atoms with Crippen molar-refractivity contribution in [3.05, 3.63) is 0 Å². The quantitative estimate of drug-likeness (QED) is 0.748. The topological polar surface area (TPSA) is 55.4 Å². The molecule has 0 aliphatic heterocycles. The summed E-state index contributed by atoms with van der Waals surface area (Å²) in [5.41, 5.74) is -0.750. The number of amides is 1. The van der Waals surface area contributed by atoms with E-state index in [1.54, 1.807) is 20.8 Å². The number of hydrogen-bond donors (Lipinski definition) is 1. The number of carbonyl (C=O) groups is 2. The Balaban J connectivity index is 4.92. The van der Waals surface area contributed by atoms with Crippen LogP contribution in [-0.2, 0) is 14.3 Å². The minimum Gasteiger partial charge on any atom is -0.465 e. The maximum Gasteiger partial charge on any atom is 0.378 e. The summed E-state index contributed by atoms with van der Waals surface area (Å²) in [4.78, 5) is 22.8. The van der Waals surface area contributed by atoms with Gasteiger partial charge in [-0.25, -0.2) is 4.79 Å². The van der Waals surface area contributed by atoms with Crippen LogP contribution in [-0.4, -0.2) is 31.0 Å². The molecule has 6 heteroatoms. The van der Waals surface area contributed by atoms with E-state index >= 15 is 0 Å². The van der Waals surface area contributed by atoms with Crippen molar-refractivity contribution in [1.29, 1.82) is 0 Å². The molecule has 1 N–H and O–H groups in total. The Morgan fingerprint density at radius 3 is 2.11 bits per heavy atom. The van der Waals surface area contributed by atoms with Crippen molar-refractivity contribution >= 4 is 11.9 Å². The lowest BCUT2D eigenvalue weighted by atomic mass is 9.88. The van der Waals surface area contributed by atoms with E-state index in [9.17, 15) is 18.4 Å². The number of hydrogen-bond acceptors (Lipinski definition) is 3. The summed E-state index contributed by atoms with van der Waals surface area (Å²) < 4.78 is 31.3. The molecule has 0 aromatic carbocycles. The third-order valence-electron chi connectivity index (χ3n) is 3.11. The summed E-state index contributed by atoms with van der Waals surface area (Å²) in [6.07, 6.45) is 0.451. The third kappa shape index (κ3) is 3.65. The van der Waals surface area contributed by atoms with Crippen LogP contribution in [0.15, 0.2) is 0 Å². The van der Waals surface area contributed by atoms with Gasteiger partial charge in [-0.1, -0.05) is 27.7 Å². The average molecular weight is 265 g/mol. The van der Waals surface area contributed by atoms with E-state index in [1.807, 2.05) is 0 Å². The van der Waals surface area contributed by atoms with E-state index in [4.69, 9.17) is 0 Å². The lowest BCUT2D eigenvalue weighted by Crippen LogP contribution is -2.54. The summed E-state index contributed by atoms with van der Waals surface area (Å²) in [6, 6.07) is -1.55. The Morgan fingerprint density at radius 1 is 1.28 bits per heavy atom. The smallest absolute Gasteiger partial charge is 0.378 e. The Hall–Kier alpha value is -1.20. The number of carbonyl (C=O) groups excluding carboxylic acids is 2. The molecule has 1 unspecified atom stereocenters. The van der Waals surface area contributed by atoms with Crippen LogP contribution < -0.4 is 5.32 Å². The van der Waals surface area contributed by atoms with Gasteiger partial charge in [-0.05, 0) is 12.8 Å². The zero-order chi connectivity index (χ0) is 14.6. The van der Waals surface area contributed by atoms with E-state index < -0.39 is 29.3 Å². The molecule has 0 aliphatic carbocycles. The van der Waals surface area contributed by atoms with E-state index in [1.165, 1.54) is 6.92 Å². The molecule has 0 saturated heterocycles. The van der Waals surface area contributed by atoms with Gasteiger partial charge in [0.05, 0.1) is 7.11 Å². The summed E-state index contributed by atoms with van der Waals surface area (Å²) in [5, 5.41) is 2.22. The molecule has 1 amide bonds. The molecule has 18 heavy (non-hydrogen) atoms. The first kappa shape index (κ1) is 16.8. The molecule has 0 aromatic heterocycles. The fourth-order valence-corrected chi connectivity index (χ4v) is 1.24. The number of methoxy groups -OCH3 is 1. The summed E-state index contributed by atoms with van der Waals surface area (Å²) in [6.45, 7) is 6.58. The molecule has 0 radical (unpaired) electrons. The normalized spacial score (nSPS) is 13.9. The number of alkyl halides is 2. The second-order valence-electron chi connectivity index (χ2n) is 4.79. The van der Waals surface area contributed by atoms with Gasteiger partial charge in [0.15, 0.2) is 0 Å². The van der Waals surface area contributed by atoms with Crippen LogP contribution >= 0.6 is 0 Å². The molecule has 0 aliphatic rings. The standard InChI is InChI=1S/C12H21F2NO3/c1-6-8(12(13,14)10(17)18-5)15-9(16)11(3,4)7-2/h8H,6-7H2,1-5H3,(H,15,16). The van der Waals surface area contributed by atoms with Gasteiger partial charge >= 0.3 is 11.9 Å². The predicted molar refractivity (Wildman–Crippen MR) is 63.3 cm³/mol. The van der Waals surface area contributed by atoms with E-state index in [0.717, 1.165) is 7.11 Å². The van der Waals surface area contributed by atoms with Crippen LogP contribution in [0.1, 0.15) is 40.5 Å². The molecule has 0 aromatic rings. The van der Waals surface area contributed by atoms with Crippen LogP contribution in [0, 0.1) is 5.41 Å². The first-order valence-electron chi connectivity index (χ1n) is 5.90. The molecular weight excluding hydrogens is 244 g/mol. The highest BCUT2D eigenvalue weighted by atomic mass is 19.3. The van der Waals surface area contributed by atoms with E-state index in [2.05, 4.69) is 10.1 Å². The highest BCUT2D eigenvalue weighted by Crippen LogP contribution is 2.25. The monoisotopic (exact) mass is 265 g/mol. The lowest BCUT2D eigenvalue weighted by molar-refractivity contribution is -0.174. The van der Waals surface area contributed by atoms with Gasteiger partial charge in [-0.3, -0.25) is 4.79 Å². The van der Waals surface area contributed by atoms with Crippen molar-refractivity contribution < 1.29 is 23.1 Å². The van der Waals surface area contributed by atoms with Crippen molar-refractivity contribution in [2.24, 2.45) is 5.41 Å². The maximum atomic E-state index is 13.6. The highest BCUT2D eigenvalue weighted by molar-refractivity contribution is 5.84. The Kier molecular flexibility index (Phi) is 5.70. The summed E-state index contributed by atoms with van der Waals surface area (Å²) >= 11 is 0. The molecule has 106 valence electrons. The Morgan fingerprint density at radius 2 is 1.78 bits per heavy atom. The van der Waals surface area contributed by atoms with Crippen LogP contribution in [0.5, 0.6) is 0 Å². The molecule has 1 atom stereocenters. The SMILES string of the molecule is CCC(NC(=O)C(C)(C)CC)C(F)(F)C(=O)OC. The highest BCUT2D eigenvalue weighted by Gasteiger charge is 2.49. The van der Waals surface area contributed by atoms with Gasteiger partial charge in [0.25, 0.3) is 0 Å². The zero-order valence-electron chi connectivity index (χ0n) is 11.5. The first-order valence-corrected chi connectivity index (χ1v) is 5.90. The molecule has 0 heterocycles. The lowest BCUT2D eigenvalue weighted by Gasteiger charge is -2.29. The fourth-order valence-electron chi connectivity index (χ4n) is 1.24.